The second-order valence-corrected chi connectivity index (χ2v) is 5.61. The van der Waals surface area contributed by atoms with Gasteiger partial charge in [0.15, 0.2) is 0 Å². The van der Waals surface area contributed by atoms with Crippen molar-refractivity contribution in [1.29, 1.82) is 0 Å². The fraction of sp³-hybridized carbons (Fsp3) is 0.389. The number of hydrogen-bond acceptors (Lipinski definition) is 3. The molecule has 0 amide bonds. The summed E-state index contributed by atoms with van der Waals surface area (Å²) in [5.74, 6) is 1.79. The van der Waals surface area contributed by atoms with Crippen molar-refractivity contribution in [2.75, 3.05) is 20.2 Å². The van der Waals surface area contributed by atoms with Gasteiger partial charge < -0.3 is 10.1 Å². The van der Waals surface area contributed by atoms with Gasteiger partial charge in [0.05, 0.1) is 7.11 Å². The molecule has 2 heterocycles. The van der Waals surface area contributed by atoms with Crippen LogP contribution in [0.4, 0.5) is 0 Å². The van der Waals surface area contributed by atoms with Crippen molar-refractivity contribution in [3.05, 3.63) is 59.8 Å². The van der Waals surface area contributed by atoms with Crippen LogP contribution in [0.1, 0.15) is 29.9 Å². The largest absolute Gasteiger partial charge is 0.481 e. The van der Waals surface area contributed by atoms with Gasteiger partial charge in [0.1, 0.15) is 0 Å². The number of pyridine rings is 1. The zero-order valence-corrected chi connectivity index (χ0v) is 12.5. The first kappa shape index (κ1) is 14.1. The minimum absolute atomic E-state index is 0.421. The smallest absolute Gasteiger partial charge is 0.213 e. The number of methoxy groups -OCH3 is 1. The summed E-state index contributed by atoms with van der Waals surface area (Å²) in [7, 11) is 1.67. The molecule has 0 aliphatic carbocycles. The zero-order chi connectivity index (χ0) is 14.5. The van der Waals surface area contributed by atoms with Gasteiger partial charge in [-0.05, 0) is 49.0 Å². The molecule has 3 rings (SSSR count). The van der Waals surface area contributed by atoms with E-state index >= 15 is 0 Å². The van der Waals surface area contributed by atoms with Crippen LogP contribution in [-0.4, -0.2) is 25.2 Å². The first-order valence-corrected chi connectivity index (χ1v) is 7.64. The van der Waals surface area contributed by atoms with Crippen molar-refractivity contribution in [3.63, 3.8) is 0 Å². The molecule has 2 aromatic rings. The first-order valence-electron chi connectivity index (χ1n) is 7.64. The minimum atomic E-state index is 0.421. The number of rotatable bonds is 4. The maximum atomic E-state index is 5.30. The highest BCUT2D eigenvalue weighted by molar-refractivity contribution is 5.35. The van der Waals surface area contributed by atoms with Gasteiger partial charge in [0, 0.05) is 18.2 Å². The maximum Gasteiger partial charge on any atom is 0.213 e. The molecular formula is C18H22N2O. The highest BCUT2D eigenvalue weighted by atomic mass is 16.5. The monoisotopic (exact) mass is 282 g/mol. The van der Waals surface area contributed by atoms with Crippen LogP contribution in [0.2, 0.25) is 0 Å². The number of benzene rings is 1. The topological polar surface area (TPSA) is 34.1 Å². The summed E-state index contributed by atoms with van der Waals surface area (Å²) in [4.78, 5) is 4.24. The molecule has 1 atom stereocenters. The fourth-order valence-corrected chi connectivity index (χ4v) is 3.30. The van der Waals surface area contributed by atoms with E-state index in [1.54, 1.807) is 7.11 Å². The van der Waals surface area contributed by atoms with Gasteiger partial charge >= 0.3 is 0 Å². The Morgan fingerprint density at radius 1 is 1.10 bits per heavy atom. The molecule has 3 nitrogen and oxygen atoms in total. The second kappa shape index (κ2) is 6.72. The van der Waals surface area contributed by atoms with Gasteiger partial charge in [0.2, 0.25) is 5.88 Å². The summed E-state index contributed by atoms with van der Waals surface area (Å²) >= 11 is 0. The van der Waals surface area contributed by atoms with Crippen LogP contribution < -0.4 is 10.1 Å². The van der Waals surface area contributed by atoms with Crippen molar-refractivity contribution in [2.45, 2.75) is 18.8 Å². The molecule has 1 aromatic carbocycles. The molecule has 21 heavy (non-hydrogen) atoms. The van der Waals surface area contributed by atoms with Crippen molar-refractivity contribution < 1.29 is 4.74 Å². The van der Waals surface area contributed by atoms with Gasteiger partial charge in [-0.15, -0.1) is 0 Å². The van der Waals surface area contributed by atoms with Gasteiger partial charge in [-0.1, -0.05) is 30.3 Å². The van der Waals surface area contributed by atoms with Gasteiger partial charge in [-0.3, -0.25) is 0 Å². The number of nitrogens with zero attached hydrogens (tertiary/aromatic N) is 1. The van der Waals surface area contributed by atoms with E-state index < -0.39 is 0 Å². The number of hydrogen-bond donors (Lipinski definition) is 1. The average Bonchev–Trinajstić information content (AvgIpc) is 2.57. The Morgan fingerprint density at radius 3 is 2.57 bits per heavy atom. The van der Waals surface area contributed by atoms with E-state index in [0.29, 0.717) is 17.7 Å². The van der Waals surface area contributed by atoms with Crippen LogP contribution >= 0.6 is 0 Å². The molecule has 1 fully saturated rings. The normalized spacial score (nSPS) is 17.4. The fourth-order valence-electron chi connectivity index (χ4n) is 3.30. The third-order valence-corrected chi connectivity index (χ3v) is 4.34. The van der Waals surface area contributed by atoms with Gasteiger partial charge in [-0.25, -0.2) is 4.98 Å². The summed E-state index contributed by atoms with van der Waals surface area (Å²) in [6.45, 7) is 2.21. The molecular weight excluding hydrogens is 260 g/mol. The van der Waals surface area contributed by atoms with E-state index in [4.69, 9.17) is 4.74 Å². The van der Waals surface area contributed by atoms with E-state index in [9.17, 15) is 0 Å². The summed E-state index contributed by atoms with van der Waals surface area (Å²) in [5, 5.41) is 3.46. The Labute approximate surface area is 126 Å². The first-order chi connectivity index (χ1) is 10.4. The average molecular weight is 282 g/mol. The zero-order valence-electron chi connectivity index (χ0n) is 12.5. The predicted octanol–water partition coefficient (Wildman–Crippen LogP) is 3.22. The Balaban J connectivity index is 1.98. The molecule has 1 saturated heterocycles. The lowest BCUT2D eigenvalue weighted by atomic mass is 9.76. The SMILES string of the molecule is COc1cc(C(c2ccccc2)C2CCNCC2)ccn1. The number of nitrogens with one attached hydrogen (secondary N) is 1. The highest BCUT2D eigenvalue weighted by Gasteiger charge is 2.26. The third-order valence-electron chi connectivity index (χ3n) is 4.34. The molecule has 0 spiro atoms. The van der Waals surface area contributed by atoms with Crippen LogP contribution in [0.3, 0.4) is 0 Å². The Morgan fingerprint density at radius 2 is 1.86 bits per heavy atom. The molecule has 1 aromatic heterocycles. The molecule has 0 saturated carbocycles. The van der Waals surface area contributed by atoms with Crippen LogP contribution in [-0.2, 0) is 0 Å². The molecule has 3 heteroatoms. The summed E-state index contributed by atoms with van der Waals surface area (Å²) < 4.78 is 5.30. The predicted molar refractivity (Wildman–Crippen MR) is 84.7 cm³/mol. The van der Waals surface area contributed by atoms with E-state index in [2.05, 4.69) is 52.8 Å². The lowest BCUT2D eigenvalue weighted by molar-refractivity contribution is 0.340. The van der Waals surface area contributed by atoms with Crippen molar-refractivity contribution in [2.24, 2.45) is 5.92 Å². The number of aromatic nitrogens is 1. The lowest BCUT2D eigenvalue weighted by Gasteiger charge is -2.31. The Bertz CT molecular complexity index is 564. The van der Waals surface area contributed by atoms with Crippen molar-refractivity contribution >= 4 is 0 Å². The molecule has 0 bridgehead atoms. The highest BCUT2D eigenvalue weighted by Crippen LogP contribution is 2.37. The maximum absolute atomic E-state index is 5.30. The Hall–Kier alpha value is -1.87. The summed E-state index contributed by atoms with van der Waals surface area (Å²) in [6, 6.07) is 15.0. The third kappa shape index (κ3) is 3.24. The molecule has 0 radical (unpaired) electrons. The van der Waals surface area contributed by atoms with E-state index in [-0.39, 0.29) is 0 Å². The molecule has 1 aliphatic heterocycles. The summed E-state index contributed by atoms with van der Waals surface area (Å²) in [6.07, 6.45) is 4.28. The van der Waals surface area contributed by atoms with E-state index in [0.717, 1.165) is 13.1 Å². The molecule has 110 valence electrons. The Kier molecular flexibility index (Phi) is 4.51. The van der Waals surface area contributed by atoms with Gasteiger partial charge in [0.25, 0.3) is 0 Å². The van der Waals surface area contributed by atoms with E-state index in [1.165, 1.54) is 24.0 Å². The van der Waals surface area contributed by atoms with Crippen LogP contribution in [0, 0.1) is 5.92 Å². The van der Waals surface area contributed by atoms with Crippen LogP contribution in [0.5, 0.6) is 5.88 Å². The van der Waals surface area contributed by atoms with E-state index in [1.807, 2.05) is 6.20 Å². The lowest BCUT2D eigenvalue weighted by Crippen LogP contribution is -2.31. The molecule has 1 unspecified atom stereocenters. The van der Waals surface area contributed by atoms with Crippen molar-refractivity contribution in [1.82, 2.24) is 10.3 Å². The standard InChI is InChI=1S/C18H22N2O/c1-21-17-13-16(9-12-20-17)18(14-5-3-2-4-6-14)15-7-10-19-11-8-15/h2-6,9,12-13,15,18-19H,7-8,10-11H2,1H3. The van der Waals surface area contributed by atoms with Crippen LogP contribution in [0.15, 0.2) is 48.7 Å². The molecule has 1 N–H and O–H groups in total. The van der Waals surface area contributed by atoms with Crippen molar-refractivity contribution in [3.8, 4) is 5.88 Å². The van der Waals surface area contributed by atoms with Crippen LogP contribution in [0.25, 0.3) is 0 Å². The molecule has 1 aliphatic rings. The summed E-state index contributed by atoms with van der Waals surface area (Å²) in [5.41, 5.74) is 2.69. The van der Waals surface area contributed by atoms with Gasteiger partial charge in [-0.2, -0.15) is 0 Å². The second-order valence-electron chi connectivity index (χ2n) is 5.61. The minimum Gasteiger partial charge on any atom is -0.481 e. The number of ether oxygens (including phenoxy) is 1. The quantitative estimate of drug-likeness (QED) is 0.935. The number of piperidine rings is 1.